The third kappa shape index (κ3) is 4.11. The first-order valence-electron chi connectivity index (χ1n) is 6.02. The summed E-state index contributed by atoms with van der Waals surface area (Å²) in [5.41, 5.74) is 0.535. The van der Waals surface area contributed by atoms with E-state index in [0.717, 1.165) is 0 Å². The highest BCUT2D eigenvalue weighted by Crippen LogP contribution is 2.09. The van der Waals surface area contributed by atoms with Gasteiger partial charge >= 0.3 is 18.0 Å². The van der Waals surface area contributed by atoms with E-state index < -0.39 is 11.9 Å². The Kier molecular flexibility index (Phi) is 5.31. The van der Waals surface area contributed by atoms with Crippen LogP contribution in [0.15, 0.2) is 24.3 Å². The van der Waals surface area contributed by atoms with E-state index >= 15 is 0 Å². The Morgan fingerprint density at radius 3 is 1.65 bits per heavy atom. The molecule has 0 atom stereocenters. The van der Waals surface area contributed by atoms with Crippen molar-refractivity contribution in [2.45, 2.75) is 13.8 Å². The number of amides is 2. The maximum absolute atomic E-state index is 11.9. The van der Waals surface area contributed by atoms with Crippen molar-refractivity contribution in [2.75, 3.05) is 26.6 Å². The van der Waals surface area contributed by atoms with E-state index in [2.05, 4.69) is 13.2 Å². The fraction of sp³-hybridized carbons (Fsp3) is 0.462. The Bertz CT molecular complexity index is 418. The molecule has 0 saturated carbocycles. The highest BCUT2D eigenvalue weighted by molar-refractivity contribution is 5.87. The number of esters is 2. The second-order valence-electron chi connectivity index (χ2n) is 4.49. The van der Waals surface area contributed by atoms with Gasteiger partial charge in [-0.05, 0) is 13.8 Å². The van der Waals surface area contributed by atoms with Gasteiger partial charge in [-0.3, -0.25) is 9.80 Å². The maximum atomic E-state index is 11.9. The van der Waals surface area contributed by atoms with E-state index in [1.165, 1.54) is 23.6 Å². The maximum Gasteiger partial charge on any atom is 0.334 e. The minimum atomic E-state index is -0.551. The number of carbonyl (C=O) groups is 3. The molecule has 110 valence electrons. The van der Waals surface area contributed by atoms with Crippen molar-refractivity contribution >= 4 is 18.0 Å². The normalized spacial score (nSPS) is 14.2. The molecule has 1 aliphatic heterocycles. The van der Waals surface area contributed by atoms with Gasteiger partial charge in [-0.2, -0.15) is 0 Å². The zero-order valence-electron chi connectivity index (χ0n) is 11.7. The van der Waals surface area contributed by atoms with Gasteiger partial charge in [0, 0.05) is 24.2 Å². The number of hydrogen-bond acceptors (Lipinski definition) is 5. The van der Waals surface area contributed by atoms with E-state index in [9.17, 15) is 14.4 Å². The van der Waals surface area contributed by atoms with Crippen LogP contribution < -0.4 is 0 Å². The standard InChI is InChI=1S/C13H18N2O5/c1-9(2)11(16)19-7-14-5-6-15(13(14)18)8-20-12(17)10(3)4/h1,3,5-8H2,2,4H3. The molecule has 0 aromatic carbocycles. The summed E-state index contributed by atoms with van der Waals surface area (Å²) in [6.07, 6.45) is 0. The quantitative estimate of drug-likeness (QED) is 0.534. The third-order valence-electron chi connectivity index (χ3n) is 2.58. The summed E-state index contributed by atoms with van der Waals surface area (Å²) in [5, 5.41) is 0. The highest BCUT2D eigenvalue weighted by atomic mass is 16.6. The average Bonchev–Trinajstić information content (AvgIpc) is 2.73. The first kappa shape index (κ1) is 15.7. The first-order chi connectivity index (χ1) is 9.32. The summed E-state index contributed by atoms with van der Waals surface area (Å²) < 4.78 is 9.78. The van der Waals surface area contributed by atoms with Crippen molar-refractivity contribution in [1.29, 1.82) is 0 Å². The van der Waals surface area contributed by atoms with Crippen molar-refractivity contribution < 1.29 is 23.9 Å². The van der Waals surface area contributed by atoms with Gasteiger partial charge in [0.15, 0.2) is 13.5 Å². The number of carbonyl (C=O) groups excluding carboxylic acids is 3. The van der Waals surface area contributed by atoms with Gasteiger partial charge < -0.3 is 9.47 Å². The Morgan fingerprint density at radius 2 is 1.35 bits per heavy atom. The van der Waals surface area contributed by atoms with E-state index in [1.807, 2.05) is 0 Å². The SMILES string of the molecule is C=C(C)C(=O)OCN1CCN(COC(=O)C(=C)C)C1=O. The molecule has 0 aromatic heterocycles. The molecule has 0 radical (unpaired) electrons. The smallest absolute Gasteiger partial charge is 0.334 e. The molecule has 0 bridgehead atoms. The summed E-state index contributed by atoms with van der Waals surface area (Å²) in [7, 11) is 0. The monoisotopic (exact) mass is 282 g/mol. The molecule has 1 heterocycles. The minimum Gasteiger partial charge on any atom is -0.441 e. The molecule has 0 aromatic rings. The average molecular weight is 282 g/mol. The van der Waals surface area contributed by atoms with Crippen LogP contribution in [0.25, 0.3) is 0 Å². The summed E-state index contributed by atoms with van der Waals surface area (Å²) in [4.78, 5) is 37.0. The molecular weight excluding hydrogens is 264 g/mol. The second-order valence-corrected chi connectivity index (χ2v) is 4.49. The molecule has 0 aliphatic carbocycles. The van der Waals surface area contributed by atoms with Gasteiger partial charge in [0.25, 0.3) is 0 Å². The molecule has 0 N–H and O–H groups in total. The molecular formula is C13H18N2O5. The van der Waals surface area contributed by atoms with Crippen LogP contribution >= 0.6 is 0 Å². The van der Waals surface area contributed by atoms with Crippen LogP contribution in [0.4, 0.5) is 4.79 Å². The number of urea groups is 1. The van der Waals surface area contributed by atoms with Crippen LogP contribution in [0.2, 0.25) is 0 Å². The summed E-state index contributed by atoms with van der Waals surface area (Å²) in [6.45, 7) is 10.4. The van der Waals surface area contributed by atoms with E-state index in [4.69, 9.17) is 9.47 Å². The van der Waals surface area contributed by atoms with Gasteiger partial charge in [0.1, 0.15) is 0 Å². The lowest BCUT2D eigenvalue weighted by atomic mass is 10.4. The molecule has 1 aliphatic rings. The van der Waals surface area contributed by atoms with Gasteiger partial charge in [0.2, 0.25) is 0 Å². The van der Waals surface area contributed by atoms with E-state index in [0.29, 0.717) is 13.1 Å². The lowest BCUT2D eigenvalue weighted by Gasteiger charge is -2.18. The van der Waals surface area contributed by atoms with Crippen molar-refractivity contribution in [3.05, 3.63) is 24.3 Å². The van der Waals surface area contributed by atoms with Crippen LogP contribution in [-0.4, -0.2) is 54.3 Å². The van der Waals surface area contributed by atoms with Crippen molar-refractivity contribution in [2.24, 2.45) is 0 Å². The molecule has 0 spiro atoms. The van der Waals surface area contributed by atoms with E-state index in [1.54, 1.807) is 0 Å². The van der Waals surface area contributed by atoms with E-state index in [-0.39, 0.29) is 30.6 Å². The summed E-state index contributed by atoms with van der Waals surface area (Å²) >= 11 is 0. The Morgan fingerprint density at radius 1 is 1.00 bits per heavy atom. The fourth-order valence-corrected chi connectivity index (χ4v) is 1.39. The zero-order chi connectivity index (χ0) is 15.3. The lowest BCUT2D eigenvalue weighted by molar-refractivity contribution is -0.142. The first-order valence-corrected chi connectivity index (χ1v) is 6.02. The molecule has 7 nitrogen and oxygen atoms in total. The molecule has 2 amide bonds. The third-order valence-corrected chi connectivity index (χ3v) is 2.58. The van der Waals surface area contributed by atoms with Crippen molar-refractivity contribution in [3.63, 3.8) is 0 Å². The van der Waals surface area contributed by atoms with Crippen LogP contribution in [0.5, 0.6) is 0 Å². The van der Waals surface area contributed by atoms with Gasteiger partial charge in [-0.15, -0.1) is 0 Å². The minimum absolute atomic E-state index is 0.143. The molecule has 0 unspecified atom stereocenters. The molecule has 1 saturated heterocycles. The summed E-state index contributed by atoms with van der Waals surface area (Å²) in [5.74, 6) is -1.10. The molecule has 20 heavy (non-hydrogen) atoms. The summed E-state index contributed by atoms with van der Waals surface area (Å²) in [6, 6.07) is -0.353. The largest absolute Gasteiger partial charge is 0.441 e. The second kappa shape index (κ2) is 6.74. The fourth-order valence-electron chi connectivity index (χ4n) is 1.39. The molecule has 1 fully saturated rings. The van der Waals surface area contributed by atoms with Gasteiger partial charge in [-0.25, -0.2) is 14.4 Å². The Hall–Kier alpha value is -2.31. The van der Waals surface area contributed by atoms with Crippen LogP contribution in [0.3, 0.4) is 0 Å². The predicted molar refractivity (Wildman–Crippen MR) is 70.4 cm³/mol. The molecule has 1 rings (SSSR count). The number of hydrogen-bond donors (Lipinski definition) is 0. The molecule has 7 heteroatoms. The van der Waals surface area contributed by atoms with Crippen LogP contribution in [-0.2, 0) is 19.1 Å². The Balaban J connectivity index is 2.40. The number of nitrogens with zero attached hydrogens (tertiary/aromatic N) is 2. The zero-order valence-corrected chi connectivity index (χ0v) is 11.7. The predicted octanol–water partition coefficient (Wildman–Crippen LogP) is 0.878. The van der Waals surface area contributed by atoms with Crippen LogP contribution in [0, 0.1) is 0 Å². The van der Waals surface area contributed by atoms with Gasteiger partial charge in [0.05, 0.1) is 0 Å². The van der Waals surface area contributed by atoms with Crippen LogP contribution in [0.1, 0.15) is 13.8 Å². The lowest BCUT2D eigenvalue weighted by Crippen LogP contribution is -2.35. The number of rotatable bonds is 6. The Labute approximate surface area is 117 Å². The highest BCUT2D eigenvalue weighted by Gasteiger charge is 2.29. The topological polar surface area (TPSA) is 76.2 Å². The van der Waals surface area contributed by atoms with Gasteiger partial charge in [-0.1, -0.05) is 13.2 Å². The van der Waals surface area contributed by atoms with Crippen molar-refractivity contribution in [3.8, 4) is 0 Å². The van der Waals surface area contributed by atoms with Crippen molar-refractivity contribution in [1.82, 2.24) is 9.80 Å². The number of ether oxygens (including phenoxy) is 2.